The van der Waals surface area contributed by atoms with Crippen LogP contribution in [0.5, 0.6) is 0 Å². The van der Waals surface area contributed by atoms with E-state index in [-0.39, 0.29) is 12.2 Å². The minimum atomic E-state index is -1.60. The van der Waals surface area contributed by atoms with E-state index in [0.29, 0.717) is 0 Å². The average molecular weight is 88.1 g/mol. The molecule has 0 aliphatic heterocycles. The number of hydrogen-bond acceptors (Lipinski definition) is 1. The molecule has 1 nitrogen and oxygen atoms in total. The van der Waals surface area contributed by atoms with Crippen LogP contribution in [-0.4, -0.2) is 5.78 Å². The molecule has 0 bridgehead atoms. The summed E-state index contributed by atoms with van der Waals surface area (Å²) in [4.78, 5) is 10.3. The largest absolute Gasteiger partial charge is 0.300 e. The smallest absolute Gasteiger partial charge is 0.129 e. The van der Waals surface area contributed by atoms with Crippen molar-refractivity contribution in [2.24, 2.45) is 0 Å². The van der Waals surface area contributed by atoms with Gasteiger partial charge < -0.3 is 4.79 Å². The SMILES string of the molecule is [2H]C([2H])(CC)C(C)=O. The first-order chi connectivity index (χ1) is 3.50. The molecule has 0 N–H and O–H groups in total. The number of Topliss-reactive ketones (excluding diaryl/α,β-unsaturated/α-hetero) is 1. The van der Waals surface area contributed by atoms with Gasteiger partial charge in [0, 0.05) is 9.11 Å². The molecule has 0 unspecified atom stereocenters. The van der Waals surface area contributed by atoms with Gasteiger partial charge in [0.1, 0.15) is 5.78 Å². The second-order valence-corrected chi connectivity index (χ2v) is 1.09. The van der Waals surface area contributed by atoms with Crippen LogP contribution in [0.25, 0.3) is 0 Å². The van der Waals surface area contributed by atoms with Gasteiger partial charge in [-0.25, -0.2) is 0 Å². The van der Waals surface area contributed by atoms with Crippen molar-refractivity contribution in [3.05, 3.63) is 0 Å². The van der Waals surface area contributed by atoms with Crippen LogP contribution >= 0.6 is 0 Å². The average Bonchev–Trinajstić information content (AvgIpc) is 1.67. The van der Waals surface area contributed by atoms with Crippen molar-refractivity contribution in [3.8, 4) is 0 Å². The molecule has 0 radical (unpaired) electrons. The lowest BCUT2D eigenvalue weighted by Gasteiger charge is -1.80. The fourth-order valence-electron chi connectivity index (χ4n) is 0.249. The number of ketones is 1. The van der Waals surface area contributed by atoms with Gasteiger partial charge >= 0.3 is 0 Å². The maximum Gasteiger partial charge on any atom is 0.129 e. The first-order valence-electron chi connectivity index (χ1n) is 3.01. The summed E-state index contributed by atoms with van der Waals surface area (Å²) in [5.74, 6) is -0.389. The maximum atomic E-state index is 10.3. The Hall–Kier alpha value is -0.330. The van der Waals surface area contributed by atoms with E-state index in [2.05, 4.69) is 0 Å². The van der Waals surface area contributed by atoms with Gasteiger partial charge in [0.05, 0.1) is 0 Å². The molecule has 0 aliphatic carbocycles. The number of hydrogen-bond donors (Lipinski definition) is 0. The predicted molar refractivity (Wildman–Crippen MR) is 25.6 cm³/mol. The highest BCUT2D eigenvalue weighted by Crippen LogP contribution is 1.84. The molecule has 0 heterocycles. The van der Waals surface area contributed by atoms with E-state index >= 15 is 0 Å². The summed E-state index contributed by atoms with van der Waals surface area (Å²) >= 11 is 0. The Morgan fingerprint density at radius 2 is 2.50 bits per heavy atom. The normalized spacial score (nSPS) is 15.7. The van der Waals surface area contributed by atoms with Crippen LogP contribution in [0.3, 0.4) is 0 Å². The van der Waals surface area contributed by atoms with Crippen molar-refractivity contribution in [1.82, 2.24) is 0 Å². The fourth-order valence-corrected chi connectivity index (χ4v) is 0.249. The fraction of sp³-hybridized carbons (Fsp3) is 0.800. The highest BCUT2D eigenvalue weighted by atomic mass is 16.1. The van der Waals surface area contributed by atoms with Crippen LogP contribution in [0.2, 0.25) is 0 Å². The Bertz CT molecular complexity index is 98.6. The predicted octanol–water partition coefficient (Wildman–Crippen LogP) is 1.38. The van der Waals surface area contributed by atoms with Crippen LogP contribution in [0.4, 0.5) is 0 Å². The van der Waals surface area contributed by atoms with Gasteiger partial charge in [-0.3, -0.25) is 0 Å². The molecule has 6 heavy (non-hydrogen) atoms. The molecule has 0 amide bonds. The van der Waals surface area contributed by atoms with E-state index < -0.39 is 6.37 Å². The van der Waals surface area contributed by atoms with Gasteiger partial charge in [-0.2, -0.15) is 0 Å². The van der Waals surface area contributed by atoms with Crippen molar-refractivity contribution in [3.63, 3.8) is 0 Å². The van der Waals surface area contributed by atoms with E-state index in [4.69, 9.17) is 2.74 Å². The molecule has 1 heteroatoms. The maximum absolute atomic E-state index is 10.3. The summed E-state index contributed by atoms with van der Waals surface area (Å²) in [7, 11) is 0. The van der Waals surface area contributed by atoms with E-state index in [9.17, 15) is 4.79 Å². The van der Waals surface area contributed by atoms with Gasteiger partial charge in [0.25, 0.3) is 0 Å². The minimum absolute atomic E-state index is 0.266. The topological polar surface area (TPSA) is 17.1 Å². The lowest BCUT2D eigenvalue weighted by molar-refractivity contribution is -0.117. The number of rotatable bonds is 2. The summed E-state index contributed by atoms with van der Waals surface area (Å²) in [6.45, 7) is 2.92. The second kappa shape index (κ2) is 2.88. The van der Waals surface area contributed by atoms with Crippen molar-refractivity contribution < 1.29 is 7.54 Å². The van der Waals surface area contributed by atoms with Gasteiger partial charge in [-0.05, 0) is 13.3 Å². The van der Waals surface area contributed by atoms with E-state index in [1.54, 1.807) is 6.92 Å². The molecule has 0 fully saturated rings. The minimum Gasteiger partial charge on any atom is -0.300 e. The highest BCUT2D eigenvalue weighted by Gasteiger charge is 1.83. The lowest BCUT2D eigenvalue weighted by atomic mass is 10.3. The summed E-state index contributed by atoms with van der Waals surface area (Å²) in [5, 5.41) is 0. The van der Waals surface area contributed by atoms with Crippen molar-refractivity contribution >= 4 is 5.78 Å². The van der Waals surface area contributed by atoms with Gasteiger partial charge in [-0.15, -0.1) is 0 Å². The van der Waals surface area contributed by atoms with Gasteiger partial charge in [0.15, 0.2) is 0 Å². The Kier molecular flexibility index (Phi) is 1.34. The zero-order valence-electron chi connectivity index (χ0n) is 6.12. The third-order valence-corrected chi connectivity index (χ3v) is 0.426. The second-order valence-electron chi connectivity index (χ2n) is 1.09. The van der Waals surface area contributed by atoms with E-state index in [0.717, 1.165) is 0 Å². The quantitative estimate of drug-likeness (QED) is 0.498. The summed E-state index contributed by atoms with van der Waals surface area (Å²) < 4.78 is 13.9. The summed E-state index contributed by atoms with van der Waals surface area (Å²) in [5.41, 5.74) is 0. The highest BCUT2D eigenvalue weighted by molar-refractivity contribution is 5.75. The van der Waals surface area contributed by atoms with Crippen molar-refractivity contribution in [1.29, 1.82) is 0 Å². The van der Waals surface area contributed by atoms with Crippen LogP contribution in [0.1, 0.15) is 29.4 Å². The molecule has 0 aromatic rings. The molecule has 0 aromatic carbocycles. The zero-order valence-corrected chi connectivity index (χ0v) is 4.12. The Labute approximate surface area is 41.2 Å². The molecule has 0 aliphatic rings. The number of carbonyl (C=O) groups excluding carboxylic acids is 1. The Balaban J connectivity index is 3.91. The van der Waals surface area contributed by atoms with Crippen LogP contribution < -0.4 is 0 Å². The molecular weight excluding hydrogens is 76.1 g/mol. The van der Waals surface area contributed by atoms with Crippen LogP contribution in [-0.2, 0) is 4.79 Å². The zero-order chi connectivity index (χ0) is 6.78. The summed E-state index contributed by atoms with van der Waals surface area (Å²) in [6.07, 6.45) is -1.33. The Morgan fingerprint density at radius 1 is 2.00 bits per heavy atom. The molecule has 0 saturated carbocycles. The third kappa shape index (κ3) is 3.67. The van der Waals surface area contributed by atoms with Crippen molar-refractivity contribution in [2.45, 2.75) is 26.6 Å². The first kappa shape index (κ1) is 2.78. The molecule has 0 rings (SSSR count). The molecule has 0 saturated heterocycles. The molecule has 0 aromatic heterocycles. The molecule has 0 spiro atoms. The van der Waals surface area contributed by atoms with Gasteiger partial charge in [0.2, 0.25) is 0 Å². The third-order valence-electron chi connectivity index (χ3n) is 0.426. The van der Waals surface area contributed by atoms with Gasteiger partial charge in [-0.1, -0.05) is 6.92 Å². The van der Waals surface area contributed by atoms with Crippen LogP contribution in [0, 0.1) is 0 Å². The lowest BCUT2D eigenvalue weighted by Crippen LogP contribution is -1.84. The number of carbonyl (C=O) groups is 1. The standard InChI is InChI=1S/C5H10O/c1-3-4-5(2)6/h3-4H2,1-2H3/i4D2. The first-order valence-corrected chi connectivity index (χ1v) is 2.01. The monoisotopic (exact) mass is 88.1 g/mol. The molecule has 36 valence electrons. The van der Waals surface area contributed by atoms with E-state index in [1.165, 1.54) is 6.92 Å². The van der Waals surface area contributed by atoms with Crippen LogP contribution in [0.15, 0.2) is 0 Å². The molecule has 0 atom stereocenters. The van der Waals surface area contributed by atoms with E-state index in [1.807, 2.05) is 0 Å². The Morgan fingerprint density at radius 3 is 2.50 bits per heavy atom. The van der Waals surface area contributed by atoms with Crippen molar-refractivity contribution in [2.75, 3.05) is 0 Å². The molecular formula is C5H10O. The summed E-state index contributed by atoms with van der Waals surface area (Å²) in [6, 6.07) is 0.